The predicted molar refractivity (Wildman–Crippen MR) is 66.6 cm³/mol. The van der Waals surface area contributed by atoms with Crippen LogP contribution in [0, 0.1) is 0 Å². The van der Waals surface area contributed by atoms with Gasteiger partial charge in [0.15, 0.2) is 0 Å². The summed E-state index contributed by atoms with van der Waals surface area (Å²) in [7, 11) is 0. The van der Waals surface area contributed by atoms with Gasteiger partial charge in [-0.3, -0.25) is 0 Å². The summed E-state index contributed by atoms with van der Waals surface area (Å²) in [5.74, 6) is 0.956. The van der Waals surface area contributed by atoms with E-state index in [1.807, 2.05) is 12.1 Å². The van der Waals surface area contributed by atoms with Crippen LogP contribution in [-0.4, -0.2) is 12.6 Å². The van der Waals surface area contributed by atoms with Crippen LogP contribution >= 0.6 is 0 Å². The average molecular weight is 217 g/mol. The van der Waals surface area contributed by atoms with E-state index in [1.54, 1.807) is 0 Å². The van der Waals surface area contributed by atoms with Gasteiger partial charge in [-0.25, -0.2) is 0 Å². The molecule has 2 rings (SSSR count). The third-order valence-corrected chi connectivity index (χ3v) is 2.85. The first-order valence-electron chi connectivity index (χ1n) is 6.01. The second-order valence-corrected chi connectivity index (χ2v) is 4.20. The number of hydrogen-bond acceptors (Lipinski definition) is 2. The highest BCUT2D eigenvalue weighted by Gasteiger charge is 2.09. The van der Waals surface area contributed by atoms with Crippen molar-refractivity contribution in [2.24, 2.45) is 5.73 Å². The van der Waals surface area contributed by atoms with E-state index in [0.29, 0.717) is 6.54 Å². The number of ether oxygens (including phenoxy) is 1. The lowest BCUT2D eigenvalue weighted by atomic mass is 10.1. The lowest BCUT2D eigenvalue weighted by molar-refractivity contribution is 0.230. The molecule has 0 fully saturated rings. The highest BCUT2D eigenvalue weighted by atomic mass is 16.5. The van der Waals surface area contributed by atoms with Gasteiger partial charge in [0.25, 0.3) is 0 Å². The number of rotatable bonds is 4. The van der Waals surface area contributed by atoms with Gasteiger partial charge in [-0.05, 0) is 56.0 Å². The molecule has 0 saturated carbocycles. The van der Waals surface area contributed by atoms with Gasteiger partial charge in [0.2, 0.25) is 0 Å². The fourth-order valence-electron chi connectivity index (χ4n) is 1.96. The van der Waals surface area contributed by atoms with Crippen LogP contribution in [0.2, 0.25) is 0 Å². The van der Waals surface area contributed by atoms with E-state index in [4.69, 9.17) is 10.5 Å². The van der Waals surface area contributed by atoms with E-state index >= 15 is 0 Å². The van der Waals surface area contributed by atoms with Crippen LogP contribution in [-0.2, 0) is 6.42 Å². The van der Waals surface area contributed by atoms with Crippen LogP contribution in [0.15, 0.2) is 36.4 Å². The molecule has 1 unspecified atom stereocenters. The second-order valence-electron chi connectivity index (χ2n) is 4.20. The minimum Gasteiger partial charge on any atom is -0.486 e. The van der Waals surface area contributed by atoms with Crippen molar-refractivity contribution < 1.29 is 4.74 Å². The van der Waals surface area contributed by atoms with Crippen LogP contribution in [0.5, 0.6) is 5.75 Å². The zero-order chi connectivity index (χ0) is 11.2. The van der Waals surface area contributed by atoms with Gasteiger partial charge in [-0.15, -0.1) is 0 Å². The first-order valence-corrected chi connectivity index (χ1v) is 6.01. The Labute approximate surface area is 97.1 Å². The van der Waals surface area contributed by atoms with Crippen LogP contribution in [0.25, 0.3) is 0 Å². The third-order valence-electron chi connectivity index (χ3n) is 2.85. The molecule has 2 nitrogen and oxygen atoms in total. The summed E-state index contributed by atoms with van der Waals surface area (Å²) in [6.45, 7) is 0.700. The zero-order valence-corrected chi connectivity index (χ0v) is 9.56. The average Bonchev–Trinajstić information content (AvgIpc) is 2.33. The molecule has 1 aliphatic rings. The minimum atomic E-state index is 0.258. The first-order chi connectivity index (χ1) is 7.88. The molecule has 0 bridgehead atoms. The third kappa shape index (κ3) is 3.11. The summed E-state index contributed by atoms with van der Waals surface area (Å²) in [6.07, 6.45) is 9.11. The van der Waals surface area contributed by atoms with Crippen molar-refractivity contribution >= 4 is 0 Å². The van der Waals surface area contributed by atoms with Crippen molar-refractivity contribution in [3.8, 4) is 5.75 Å². The van der Waals surface area contributed by atoms with E-state index < -0.39 is 0 Å². The molecule has 86 valence electrons. The van der Waals surface area contributed by atoms with Crippen LogP contribution in [0.3, 0.4) is 0 Å². The topological polar surface area (TPSA) is 35.2 Å². The Morgan fingerprint density at radius 2 is 2.06 bits per heavy atom. The van der Waals surface area contributed by atoms with E-state index in [1.165, 1.54) is 18.4 Å². The number of nitrogens with two attached hydrogens (primary N) is 1. The highest BCUT2D eigenvalue weighted by Crippen LogP contribution is 2.19. The molecule has 1 aromatic carbocycles. The number of benzene rings is 1. The normalized spacial score (nSPS) is 19.7. The maximum Gasteiger partial charge on any atom is 0.120 e. The van der Waals surface area contributed by atoms with Crippen LogP contribution in [0.4, 0.5) is 0 Å². The molecule has 0 radical (unpaired) electrons. The van der Waals surface area contributed by atoms with Gasteiger partial charge >= 0.3 is 0 Å². The molecule has 2 heteroatoms. The monoisotopic (exact) mass is 217 g/mol. The SMILES string of the molecule is NCCc1ccc(OC2C=CCCC2)cc1. The van der Waals surface area contributed by atoms with E-state index in [2.05, 4.69) is 24.3 Å². The Morgan fingerprint density at radius 1 is 1.25 bits per heavy atom. The minimum absolute atomic E-state index is 0.258. The second kappa shape index (κ2) is 5.71. The summed E-state index contributed by atoms with van der Waals surface area (Å²) in [5.41, 5.74) is 6.78. The fourth-order valence-corrected chi connectivity index (χ4v) is 1.96. The van der Waals surface area contributed by atoms with Crippen molar-refractivity contribution in [2.45, 2.75) is 31.8 Å². The zero-order valence-electron chi connectivity index (χ0n) is 9.56. The van der Waals surface area contributed by atoms with Gasteiger partial charge in [-0.1, -0.05) is 18.2 Å². The van der Waals surface area contributed by atoms with Crippen LogP contribution in [0.1, 0.15) is 24.8 Å². The molecule has 1 aromatic rings. The molecule has 0 spiro atoms. The summed E-state index contributed by atoms with van der Waals surface area (Å²) in [5, 5.41) is 0. The van der Waals surface area contributed by atoms with Gasteiger partial charge in [0, 0.05) is 0 Å². The largest absolute Gasteiger partial charge is 0.486 e. The van der Waals surface area contributed by atoms with Crippen LogP contribution < -0.4 is 10.5 Å². The quantitative estimate of drug-likeness (QED) is 0.787. The Balaban J connectivity index is 1.93. The lowest BCUT2D eigenvalue weighted by Gasteiger charge is -2.18. The highest BCUT2D eigenvalue weighted by molar-refractivity contribution is 5.28. The Morgan fingerprint density at radius 3 is 2.69 bits per heavy atom. The number of hydrogen-bond donors (Lipinski definition) is 1. The Hall–Kier alpha value is -1.28. The molecule has 16 heavy (non-hydrogen) atoms. The van der Waals surface area contributed by atoms with E-state index in [0.717, 1.165) is 18.6 Å². The summed E-state index contributed by atoms with van der Waals surface area (Å²) < 4.78 is 5.87. The predicted octanol–water partition coefficient (Wildman–Crippen LogP) is 2.68. The van der Waals surface area contributed by atoms with Crippen molar-refractivity contribution in [3.05, 3.63) is 42.0 Å². The Bertz CT molecular complexity index is 342. The molecule has 2 N–H and O–H groups in total. The molecule has 0 aliphatic heterocycles. The first kappa shape index (κ1) is 11.2. The summed E-state index contributed by atoms with van der Waals surface area (Å²) >= 11 is 0. The smallest absolute Gasteiger partial charge is 0.120 e. The van der Waals surface area contributed by atoms with Crippen molar-refractivity contribution in [1.29, 1.82) is 0 Å². The van der Waals surface area contributed by atoms with Gasteiger partial charge < -0.3 is 10.5 Å². The molecule has 0 saturated heterocycles. The van der Waals surface area contributed by atoms with Crippen molar-refractivity contribution in [1.82, 2.24) is 0 Å². The Kier molecular flexibility index (Phi) is 4.00. The fraction of sp³-hybridized carbons (Fsp3) is 0.429. The molecule has 0 amide bonds. The lowest BCUT2D eigenvalue weighted by Crippen LogP contribution is -2.15. The van der Waals surface area contributed by atoms with E-state index in [9.17, 15) is 0 Å². The summed E-state index contributed by atoms with van der Waals surface area (Å²) in [6, 6.07) is 8.25. The maximum atomic E-state index is 5.87. The van der Waals surface area contributed by atoms with Crippen molar-refractivity contribution in [2.75, 3.05) is 6.54 Å². The van der Waals surface area contributed by atoms with Gasteiger partial charge in [0.1, 0.15) is 11.9 Å². The number of allylic oxidation sites excluding steroid dienone is 1. The van der Waals surface area contributed by atoms with Crippen molar-refractivity contribution in [3.63, 3.8) is 0 Å². The van der Waals surface area contributed by atoms with Gasteiger partial charge in [0.05, 0.1) is 0 Å². The maximum absolute atomic E-state index is 5.87. The molecular formula is C14H19NO. The molecular weight excluding hydrogens is 198 g/mol. The molecule has 1 atom stereocenters. The molecule has 0 heterocycles. The standard InChI is InChI=1S/C14H19NO/c15-11-10-12-6-8-14(9-7-12)16-13-4-2-1-3-5-13/h2,4,6-9,13H,1,3,5,10-11,15H2. The summed E-state index contributed by atoms with van der Waals surface area (Å²) in [4.78, 5) is 0. The van der Waals surface area contributed by atoms with Gasteiger partial charge in [-0.2, -0.15) is 0 Å². The molecule has 1 aliphatic carbocycles. The van der Waals surface area contributed by atoms with E-state index in [-0.39, 0.29) is 6.10 Å². The molecule has 0 aromatic heterocycles.